The largest absolute Gasteiger partial charge is 0.341 e. The Morgan fingerprint density at radius 2 is 2.14 bits per heavy atom. The Bertz CT molecular complexity index is 1100. The van der Waals surface area contributed by atoms with Gasteiger partial charge in [-0.15, -0.1) is 0 Å². The molecule has 0 N–H and O–H groups in total. The van der Waals surface area contributed by atoms with Gasteiger partial charge in [0.25, 0.3) is 5.56 Å². The molecule has 10 heteroatoms. The van der Waals surface area contributed by atoms with Gasteiger partial charge in [-0.1, -0.05) is 37.2 Å². The van der Waals surface area contributed by atoms with Crippen molar-refractivity contribution in [2.24, 2.45) is 5.92 Å². The van der Waals surface area contributed by atoms with Crippen LogP contribution in [0.2, 0.25) is 5.02 Å². The molecule has 158 valence electrons. The normalized spacial score (nSPS) is 18.4. The van der Waals surface area contributed by atoms with Crippen LogP contribution in [0.15, 0.2) is 28.2 Å². The van der Waals surface area contributed by atoms with E-state index < -0.39 is 9.84 Å². The first-order valence-corrected chi connectivity index (χ1v) is 12.5. The van der Waals surface area contributed by atoms with E-state index in [-0.39, 0.29) is 40.7 Å². The summed E-state index contributed by atoms with van der Waals surface area (Å²) in [5, 5.41) is 1.39. The molecule has 1 amide bonds. The second kappa shape index (κ2) is 8.65. The number of hydrogen-bond acceptors (Lipinski definition) is 6. The van der Waals surface area contributed by atoms with Gasteiger partial charge >= 0.3 is 0 Å². The highest BCUT2D eigenvalue weighted by molar-refractivity contribution is 7.99. The van der Waals surface area contributed by atoms with Crippen molar-refractivity contribution in [1.82, 2.24) is 14.5 Å². The van der Waals surface area contributed by atoms with Crippen molar-refractivity contribution in [3.05, 3.63) is 33.6 Å². The maximum Gasteiger partial charge on any atom is 0.262 e. The Hall–Kier alpha value is -1.58. The molecule has 0 saturated carbocycles. The summed E-state index contributed by atoms with van der Waals surface area (Å²) >= 11 is 7.23. The maximum atomic E-state index is 13.0. The molecule has 1 aliphatic heterocycles. The number of nitrogens with zero attached hydrogens (tertiary/aromatic N) is 3. The van der Waals surface area contributed by atoms with Gasteiger partial charge in [0.2, 0.25) is 5.91 Å². The van der Waals surface area contributed by atoms with Gasteiger partial charge < -0.3 is 4.90 Å². The third-order valence-electron chi connectivity index (χ3n) is 4.90. The van der Waals surface area contributed by atoms with E-state index in [0.29, 0.717) is 34.0 Å². The third kappa shape index (κ3) is 5.13. The quantitative estimate of drug-likeness (QED) is 0.489. The Morgan fingerprint density at radius 3 is 2.76 bits per heavy atom. The van der Waals surface area contributed by atoms with Crippen LogP contribution in [0.5, 0.6) is 0 Å². The molecule has 1 fully saturated rings. The van der Waals surface area contributed by atoms with Crippen LogP contribution in [-0.2, 0) is 21.2 Å². The summed E-state index contributed by atoms with van der Waals surface area (Å²) in [5.41, 5.74) is 0.348. The number of thioether (sulfide) groups is 1. The highest BCUT2D eigenvalue weighted by Crippen LogP contribution is 2.23. The van der Waals surface area contributed by atoms with Crippen LogP contribution in [0.3, 0.4) is 0 Å². The fraction of sp³-hybridized carbons (Fsp3) is 0.526. The van der Waals surface area contributed by atoms with Crippen LogP contribution in [0.4, 0.5) is 0 Å². The van der Waals surface area contributed by atoms with Gasteiger partial charge in [-0.3, -0.25) is 14.2 Å². The van der Waals surface area contributed by atoms with E-state index in [1.165, 1.54) is 16.7 Å². The van der Waals surface area contributed by atoms with Gasteiger partial charge in [0.1, 0.15) is 0 Å². The zero-order valence-electron chi connectivity index (χ0n) is 16.6. The fourth-order valence-corrected chi connectivity index (χ4v) is 6.20. The molecular formula is C19H24ClN3O4S2. The first kappa shape index (κ1) is 22.1. The number of hydrogen-bond donors (Lipinski definition) is 0. The van der Waals surface area contributed by atoms with E-state index in [1.54, 1.807) is 29.8 Å². The molecule has 0 bridgehead atoms. The van der Waals surface area contributed by atoms with Crippen LogP contribution in [0, 0.1) is 5.92 Å². The van der Waals surface area contributed by atoms with Crippen LogP contribution in [-0.4, -0.2) is 59.1 Å². The molecule has 1 aliphatic rings. The third-order valence-corrected chi connectivity index (χ3v) is 7.85. The molecule has 1 atom stereocenters. The second-order valence-corrected chi connectivity index (χ2v) is 11.3. The molecule has 2 heterocycles. The molecule has 7 nitrogen and oxygen atoms in total. The Labute approximate surface area is 179 Å². The van der Waals surface area contributed by atoms with E-state index in [9.17, 15) is 18.0 Å². The van der Waals surface area contributed by atoms with E-state index in [1.807, 2.05) is 13.8 Å². The number of carbonyl (C=O) groups is 1. The van der Waals surface area contributed by atoms with Gasteiger partial charge in [0.05, 0.1) is 28.2 Å². The van der Waals surface area contributed by atoms with E-state index >= 15 is 0 Å². The molecule has 3 rings (SSSR count). The average molecular weight is 458 g/mol. The first-order valence-electron chi connectivity index (χ1n) is 9.36. The minimum atomic E-state index is -3.06. The zero-order valence-corrected chi connectivity index (χ0v) is 19.0. The summed E-state index contributed by atoms with van der Waals surface area (Å²) in [7, 11) is -1.43. The summed E-state index contributed by atoms with van der Waals surface area (Å²) in [6.45, 7) is 4.48. The van der Waals surface area contributed by atoms with Gasteiger partial charge in [-0.2, -0.15) is 0 Å². The van der Waals surface area contributed by atoms with Crippen molar-refractivity contribution in [2.45, 2.75) is 38.0 Å². The topological polar surface area (TPSA) is 89.3 Å². The van der Waals surface area contributed by atoms with Crippen molar-refractivity contribution in [3.8, 4) is 0 Å². The SMILES string of the molecule is CC(C)Cn1c(SCC(=O)N(C)C2CCS(=O)(=O)C2)nc2ccc(Cl)cc2c1=O. The van der Waals surface area contributed by atoms with Crippen molar-refractivity contribution >= 4 is 50.0 Å². The van der Waals surface area contributed by atoms with Crippen LogP contribution < -0.4 is 5.56 Å². The molecule has 1 aromatic heterocycles. The molecule has 0 aliphatic carbocycles. The summed E-state index contributed by atoms with van der Waals surface area (Å²) in [6, 6.07) is 4.69. The maximum absolute atomic E-state index is 13.0. The van der Waals surface area contributed by atoms with Crippen molar-refractivity contribution in [2.75, 3.05) is 24.3 Å². The number of sulfone groups is 1. The standard InChI is InChI=1S/C19H24ClN3O4S2/c1-12(2)9-23-18(25)15-8-13(20)4-5-16(15)21-19(23)28-10-17(24)22(3)14-6-7-29(26,27)11-14/h4-5,8,12,14H,6-7,9-11H2,1-3H3. The molecular weight excluding hydrogens is 434 g/mol. The summed E-state index contributed by atoms with van der Waals surface area (Å²) in [5.74, 6) is 0.237. The predicted molar refractivity (Wildman–Crippen MR) is 116 cm³/mol. The molecule has 29 heavy (non-hydrogen) atoms. The lowest BCUT2D eigenvalue weighted by atomic mass is 10.2. The molecule has 1 aromatic carbocycles. The van der Waals surface area contributed by atoms with Gasteiger partial charge in [-0.25, -0.2) is 13.4 Å². The van der Waals surface area contributed by atoms with Crippen molar-refractivity contribution in [1.29, 1.82) is 0 Å². The zero-order chi connectivity index (χ0) is 21.3. The Kier molecular flexibility index (Phi) is 6.60. The lowest BCUT2D eigenvalue weighted by molar-refractivity contribution is -0.128. The lowest BCUT2D eigenvalue weighted by Crippen LogP contribution is -2.39. The van der Waals surface area contributed by atoms with Crippen molar-refractivity contribution in [3.63, 3.8) is 0 Å². The Balaban J connectivity index is 1.84. The van der Waals surface area contributed by atoms with Crippen molar-refractivity contribution < 1.29 is 13.2 Å². The van der Waals surface area contributed by atoms with Crippen LogP contribution >= 0.6 is 23.4 Å². The number of benzene rings is 1. The first-order chi connectivity index (χ1) is 13.6. The van der Waals surface area contributed by atoms with E-state index in [2.05, 4.69) is 4.98 Å². The molecule has 2 aromatic rings. The minimum absolute atomic E-state index is 0.00689. The summed E-state index contributed by atoms with van der Waals surface area (Å²) < 4.78 is 24.9. The van der Waals surface area contributed by atoms with Gasteiger partial charge in [0, 0.05) is 24.7 Å². The molecule has 1 saturated heterocycles. The monoisotopic (exact) mass is 457 g/mol. The number of fused-ring (bicyclic) bond motifs is 1. The molecule has 0 radical (unpaired) electrons. The lowest BCUT2D eigenvalue weighted by Gasteiger charge is -2.23. The van der Waals surface area contributed by atoms with Crippen LogP contribution in [0.1, 0.15) is 20.3 Å². The minimum Gasteiger partial charge on any atom is -0.341 e. The molecule has 0 spiro atoms. The summed E-state index contributed by atoms with van der Waals surface area (Å²) in [4.78, 5) is 31.7. The average Bonchev–Trinajstić information content (AvgIpc) is 3.01. The molecule has 1 unspecified atom stereocenters. The second-order valence-electron chi connectivity index (χ2n) is 7.72. The Morgan fingerprint density at radius 1 is 1.41 bits per heavy atom. The van der Waals surface area contributed by atoms with E-state index in [0.717, 1.165) is 0 Å². The smallest absolute Gasteiger partial charge is 0.262 e. The summed E-state index contributed by atoms with van der Waals surface area (Å²) in [6.07, 6.45) is 0.461. The number of amides is 1. The fourth-order valence-electron chi connectivity index (χ4n) is 3.32. The number of carbonyl (C=O) groups excluding carboxylic acids is 1. The predicted octanol–water partition coefficient (Wildman–Crippen LogP) is 2.44. The van der Waals surface area contributed by atoms with E-state index in [4.69, 9.17) is 11.6 Å². The van der Waals surface area contributed by atoms with Crippen LogP contribution in [0.25, 0.3) is 10.9 Å². The highest BCUT2D eigenvalue weighted by atomic mass is 35.5. The number of rotatable bonds is 6. The van der Waals surface area contributed by atoms with Gasteiger partial charge in [-0.05, 0) is 30.5 Å². The highest BCUT2D eigenvalue weighted by Gasteiger charge is 2.32. The van der Waals surface area contributed by atoms with Gasteiger partial charge in [0.15, 0.2) is 15.0 Å². The number of aromatic nitrogens is 2. The number of halogens is 1.